The monoisotopic (exact) mass is 187 g/mol. The van der Waals surface area contributed by atoms with E-state index in [0.29, 0.717) is 12.3 Å². The number of nitrogens with two attached hydrogens (primary N) is 1. The minimum atomic E-state index is -2.35. The molecule has 0 radical (unpaired) electrons. The van der Waals surface area contributed by atoms with Gasteiger partial charge in [-0.05, 0) is 6.07 Å². The van der Waals surface area contributed by atoms with E-state index in [0.717, 1.165) is 5.56 Å². The summed E-state index contributed by atoms with van der Waals surface area (Å²) in [5.74, 6) is 0.427. The van der Waals surface area contributed by atoms with Gasteiger partial charge >= 0.3 is 8.60 Å². The van der Waals surface area contributed by atoms with E-state index in [2.05, 4.69) is 0 Å². The van der Waals surface area contributed by atoms with E-state index in [4.69, 9.17) is 20.0 Å². The van der Waals surface area contributed by atoms with Gasteiger partial charge in [-0.2, -0.15) is 0 Å². The third-order valence-corrected chi connectivity index (χ3v) is 1.73. The average molecular weight is 187 g/mol. The van der Waals surface area contributed by atoms with Gasteiger partial charge in [0.1, 0.15) is 5.75 Å². The summed E-state index contributed by atoms with van der Waals surface area (Å²) < 4.78 is 4.73. The summed E-state index contributed by atoms with van der Waals surface area (Å²) in [7, 11) is -2.35. The van der Waals surface area contributed by atoms with Gasteiger partial charge in [-0.15, -0.1) is 0 Å². The maximum absolute atomic E-state index is 8.58. The maximum Gasteiger partial charge on any atom is 0.391 e. The standard InChI is InChI=1S/C7H10NO3P/c8-5-6-3-1-2-4-7(6)11-12(9)10/h1-4,9-10H,5,8H2. The molecule has 0 saturated heterocycles. The number of rotatable bonds is 3. The van der Waals surface area contributed by atoms with E-state index < -0.39 is 8.60 Å². The molecular formula is C7H10NO3P. The number of hydrogen-bond donors (Lipinski definition) is 3. The zero-order chi connectivity index (χ0) is 8.97. The van der Waals surface area contributed by atoms with Crippen molar-refractivity contribution in [3.63, 3.8) is 0 Å². The molecule has 0 spiro atoms. The average Bonchev–Trinajstić information content (AvgIpc) is 2.04. The third kappa shape index (κ3) is 2.43. The van der Waals surface area contributed by atoms with Crippen LogP contribution < -0.4 is 10.3 Å². The molecule has 0 heterocycles. The van der Waals surface area contributed by atoms with Crippen LogP contribution in [0, 0.1) is 0 Å². The fourth-order valence-corrected chi connectivity index (χ4v) is 1.20. The van der Waals surface area contributed by atoms with Gasteiger partial charge in [-0.3, -0.25) is 0 Å². The smallest absolute Gasteiger partial charge is 0.391 e. The number of benzene rings is 1. The Morgan fingerprint density at radius 3 is 2.58 bits per heavy atom. The van der Waals surface area contributed by atoms with E-state index in [1.165, 1.54) is 0 Å². The zero-order valence-corrected chi connectivity index (χ0v) is 7.24. The van der Waals surface area contributed by atoms with Crippen LogP contribution in [-0.2, 0) is 6.54 Å². The molecule has 5 heteroatoms. The highest BCUT2D eigenvalue weighted by Gasteiger charge is 2.05. The summed E-state index contributed by atoms with van der Waals surface area (Å²) in [6.07, 6.45) is 0. The first kappa shape index (κ1) is 9.42. The molecule has 4 N–H and O–H groups in total. The van der Waals surface area contributed by atoms with E-state index in [1.54, 1.807) is 18.2 Å². The minimum Gasteiger partial charge on any atom is -0.427 e. The fraction of sp³-hybridized carbons (Fsp3) is 0.143. The Labute approximate surface area is 71.6 Å². The van der Waals surface area contributed by atoms with Crippen molar-refractivity contribution in [1.29, 1.82) is 0 Å². The molecule has 0 fully saturated rings. The van der Waals surface area contributed by atoms with Gasteiger partial charge in [0.25, 0.3) is 0 Å². The molecular weight excluding hydrogens is 177 g/mol. The highest BCUT2D eigenvalue weighted by Crippen LogP contribution is 2.30. The van der Waals surface area contributed by atoms with Crippen molar-refractivity contribution in [3.8, 4) is 5.75 Å². The lowest BCUT2D eigenvalue weighted by Gasteiger charge is -2.08. The van der Waals surface area contributed by atoms with Crippen LogP contribution in [0.5, 0.6) is 5.75 Å². The first-order valence-electron chi connectivity index (χ1n) is 3.38. The zero-order valence-electron chi connectivity index (χ0n) is 6.34. The molecule has 1 rings (SSSR count). The van der Waals surface area contributed by atoms with Crippen LogP contribution in [-0.4, -0.2) is 9.79 Å². The van der Waals surface area contributed by atoms with Crippen LogP contribution in [0.25, 0.3) is 0 Å². The van der Waals surface area contributed by atoms with E-state index in [-0.39, 0.29) is 0 Å². The van der Waals surface area contributed by atoms with Gasteiger partial charge in [0.05, 0.1) is 0 Å². The largest absolute Gasteiger partial charge is 0.427 e. The molecule has 0 unspecified atom stereocenters. The van der Waals surface area contributed by atoms with Crippen LogP contribution in [0.4, 0.5) is 0 Å². The lowest BCUT2D eigenvalue weighted by atomic mass is 10.2. The summed E-state index contributed by atoms with van der Waals surface area (Å²) >= 11 is 0. The van der Waals surface area contributed by atoms with Crippen molar-refractivity contribution in [3.05, 3.63) is 29.8 Å². The molecule has 1 aromatic carbocycles. The first-order chi connectivity index (χ1) is 5.74. The lowest BCUT2D eigenvalue weighted by Crippen LogP contribution is -1.99. The first-order valence-corrected chi connectivity index (χ1v) is 4.54. The highest BCUT2D eigenvalue weighted by atomic mass is 31.2. The molecule has 0 amide bonds. The van der Waals surface area contributed by atoms with Gasteiger partial charge in [-0.25, -0.2) is 0 Å². The molecule has 4 nitrogen and oxygen atoms in total. The quantitative estimate of drug-likeness (QED) is 0.610. The Balaban J connectivity index is 2.82. The van der Waals surface area contributed by atoms with Crippen molar-refractivity contribution < 1.29 is 14.3 Å². The molecule has 0 saturated carbocycles. The van der Waals surface area contributed by atoms with Gasteiger partial charge < -0.3 is 20.0 Å². The molecule has 0 aromatic heterocycles. The van der Waals surface area contributed by atoms with Crippen molar-refractivity contribution >= 4 is 8.60 Å². The maximum atomic E-state index is 8.58. The van der Waals surface area contributed by atoms with E-state index in [1.807, 2.05) is 6.07 Å². The molecule has 0 aliphatic heterocycles. The minimum absolute atomic E-state index is 0.319. The predicted molar refractivity (Wildman–Crippen MR) is 46.3 cm³/mol. The summed E-state index contributed by atoms with van der Waals surface area (Å²) in [4.78, 5) is 17.2. The normalized spacial score (nSPS) is 10.3. The van der Waals surface area contributed by atoms with Crippen LogP contribution in [0.3, 0.4) is 0 Å². The summed E-state index contributed by atoms with van der Waals surface area (Å²) in [6.45, 7) is 0.319. The Kier molecular flexibility index (Phi) is 3.44. The molecule has 0 bridgehead atoms. The molecule has 66 valence electrons. The fourth-order valence-electron chi connectivity index (χ4n) is 0.849. The van der Waals surface area contributed by atoms with Crippen LogP contribution in [0.15, 0.2) is 24.3 Å². The second kappa shape index (κ2) is 4.38. The van der Waals surface area contributed by atoms with Gasteiger partial charge in [0.2, 0.25) is 0 Å². The second-order valence-electron chi connectivity index (χ2n) is 2.16. The van der Waals surface area contributed by atoms with Crippen LogP contribution in [0.1, 0.15) is 5.56 Å². The number of para-hydroxylation sites is 1. The highest BCUT2D eigenvalue weighted by molar-refractivity contribution is 7.39. The lowest BCUT2D eigenvalue weighted by molar-refractivity contribution is 0.373. The van der Waals surface area contributed by atoms with Crippen LogP contribution >= 0.6 is 8.60 Å². The SMILES string of the molecule is NCc1ccccc1OP(O)O. The van der Waals surface area contributed by atoms with E-state index in [9.17, 15) is 0 Å². The Hall–Kier alpha value is -0.670. The molecule has 1 aromatic rings. The van der Waals surface area contributed by atoms with Crippen molar-refractivity contribution in [2.75, 3.05) is 0 Å². The Bertz CT molecular complexity index is 254. The van der Waals surface area contributed by atoms with Gasteiger partial charge in [0, 0.05) is 12.1 Å². The Morgan fingerprint density at radius 2 is 2.00 bits per heavy atom. The Morgan fingerprint density at radius 1 is 1.33 bits per heavy atom. The molecule has 0 aliphatic carbocycles. The molecule has 0 aliphatic rings. The number of hydrogen-bond acceptors (Lipinski definition) is 4. The van der Waals surface area contributed by atoms with Gasteiger partial charge in [0.15, 0.2) is 0 Å². The molecule has 0 atom stereocenters. The van der Waals surface area contributed by atoms with Crippen molar-refractivity contribution in [1.82, 2.24) is 0 Å². The summed E-state index contributed by atoms with van der Waals surface area (Å²) in [6, 6.07) is 6.97. The van der Waals surface area contributed by atoms with Crippen molar-refractivity contribution in [2.24, 2.45) is 5.73 Å². The van der Waals surface area contributed by atoms with Gasteiger partial charge in [-0.1, -0.05) is 18.2 Å². The van der Waals surface area contributed by atoms with Crippen LogP contribution in [0.2, 0.25) is 0 Å². The third-order valence-electron chi connectivity index (χ3n) is 1.37. The van der Waals surface area contributed by atoms with Crippen molar-refractivity contribution in [2.45, 2.75) is 6.54 Å². The summed E-state index contributed by atoms with van der Waals surface area (Å²) in [5, 5.41) is 0. The predicted octanol–water partition coefficient (Wildman–Crippen LogP) is 0.736. The second-order valence-corrected chi connectivity index (χ2v) is 2.84. The summed E-state index contributed by atoms with van der Waals surface area (Å²) in [5.41, 5.74) is 6.15. The topological polar surface area (TPSA) is 75.7 Å². The molecule has 12 heavy (non-hydrogen) atoms. The van der Waals surface area contributed by atoms with E-state index >= 15 is 0 Å².